The summed E-state index contributed by atoms with van der Waals surface area (Å²) in [6, 6.07) is 5.88. The fourth-order valence-corrected chi connectivity index (χ4v) is 3.19. The molecule has 1 heterocycles. The van der Waals surface area contributed by atoms with Gasteiger partial charge >= 0.3 is 0 Å². The number of methoxy groups -OCH3 is 2. The lowest BCUT2D eigenvalue weighted by atomic mass is 10.1. The number of thiazole rings is 1. The van der Waals surface area contributed by atoms with Gasteiger partial charge in [-0.2, -0.15) is 5.26 Å². The summed E-state index contributed by atoms with van der Waals surface area (Å²) in [5, 5.41) is 12.0. The second-order valence-electron chi connectivity index (χ2n) is 4.20. The van der Waals surface area contributed by atoms with E-state index in [1.807, 2.05) is 24.4 Å². The van der Waals surface area contributed by atoms with Gasteiger partial charge < -0.3 is 9.47 Å². The van der Waals surface area contributed by atoms with Gasteiger partial charge in [-0.3, -0.25) is 0 Å². The molecule has 2 aromatic rings. The summed E-state index contributed by atoms with van der Waals surface area (Å²) in [5.41, 5.74) is 2.26. The molecular formula is C15H13BrN2O2S. The van der Waals surface area contributed by atoms with Crippen LogP contribution in [-0.2, 0) is 0 Å². The topological polar surface area (TPSA) is 55.1 Å². The van der Waals surface area contributed by atoms with Crippen LogP contribution in [0.4, 0.5) is 0 Å². The molecule has 21 heavy (non-hydrogen) atoms. The average Bonchev–Trinajstić information content (AvgIpc) is 2.90. The molecule has 0 saturated heterocycles. The van der Waals surface area contributed by atoms with Gasteiger partial charge in [-0.1, -0.05) is 0 Å². The van der Waals surface area contributed by atoms with E-state index >= 15 is 0 Å². The van der Waals surface area contributed by atoms with Crippen molar-refractivity contribution in [3.63, 3.8) is 0 Å². The van der Waals surface area contributed by atoms with Gasteiger partial charge in [0.1, 0.15) is 11.1 Å². The number of hydrogen-bond acceptors (Lipinski definition) is 5. The van der Waals surface area contributed by atoms with Gasteiger partial charge in [0.25, 0.3) is 0 Å². The fraction of sp³-hybridized carbons (Fsp3) is 0.200. The van der Waals surface area contributed by atoms with Gasteiger partial charge in [-0.25, -0.2) is 4.98 Å². The first-order valence-electron chi connectivity index (χ1n) is 6.05. The first kappa shape index (κ1) is 15.5. The van der Waals surface area contributed by atoms with Crippen LogP contribution < -0.4 is 9.47 Å². The van der Waals surface area contributed by atoms with Crippen molar-refractivity contribution in [3.8, 4) is 17.6 Å². The van der Waals surface area contributed by atoms with Crippen molar-refractivity contribution in [1.29, 1.82) is 5.26 Å². The number of ether oxygens (including phenoxy) is 2. The van der Waals surface area contributed by atoms with E-state index in [-0.39, 0.29) is 0 Å². The standard InChI is InChI=1S/C15H13BrN2O2S/c1-9-8-21-15(18-9)11(7-17)4-10-5-12(16)14(20-3)13(6-10)19-2/h4-6,8H,1-3H3/b11-4-. The SMILES string of the molecule is COc1cc(/C=C(/C#N)c2nc(C)cs2)cc(Br)c1OC. The molecule has 2 rings (SSSR count). The van der Waals surface area contributed by atoms with Gasteiger partial charge in [-0.15, -0.1) is 11.3 Å². The molecule has 6 heteroatoms. The molecule has 0 radical (unpaired) electrons. The van der Waals surface area contributed by atoms with Crippen molar-refractivity contribution in [2.45, 2.75) is 6.92 Å². The Balaban J connectivity index is 2.49. The van der Waals surface area contributed by atoms with Crippen LogP contribution in [0.1, 0.15) is 16.3 Å². The highest BCUT2D eigenvalue weighted by Gasteiger charge is 2.11. The maximum absolute atomic E-state index is 9.33. The Kier molecular flexibility index (Phi) is 4.99. The zero-order valence-corrected chi connectivity index (χ0v) is 14.2. The number of aromatic nitrogens is 1. The van der Waals surface area contributed by atoms with E-state index in [1.54, 1.807) is 20.3 Å². The molecule has 1 aromatic carbocycles. The molecule has 0 N–H and O–H groups in total. The van der Waals surface area contributed by atoms with Gasteiger partial charge in [0.2, 0.25) is 0 Å². The molecule has 0 saturated carbocycles. The van der Waals surface area contributed by atoms with E-state index in [4.69, 9.17) is 9.47 Å². The summed E-state index contributed by atoms with van der Waals surface area (Å²) in [6.07, 6.45) is 1.78. The Morgan fingerprint density at radius 3 is 2.67 bits per heavy atom. The predicted octanol–water partition coefficient (Wildman–Crippen LogP) is 4.30. The molecular weight excluding hydrogens is 352 g/mol. The van der Waals surface area contributed by atoms with E-state index in [9.17, 15) is 5.26 Å². The largest absolute Gasteiger partial charge is 0.493 e. The normalized spacial score (nSPS) is 11.1. The van der Waals surface area contributed by atoms with Crippen LogP contribution in [0.2, 0.25) is 0 Å². The third-order valence-corrected chi connectivity index (χ3v) is 4.32. The number of nitriles is 1. The summed E-state index contributed by atoms with van der Waals surface area (Å²) in [5.74, 6) is 1.23. The zero-order chi connectivity index (χ0) is 15.4. The second kappa shape index (κ2) is 6.74. The molecule has 0 aliphatic carbocycles. The van der Waals surface area contributed by atoms with Gasteiger partial charge in [0.15, 0.2) is 11.5 Å². The number of benzene rings is 1. The highest BCUT2D eigenvalue weighted by molar-refractivity contribution is 9.10. The second-order valence-corrected chi connectivity index (χ2v) is 5.91. The molecule has 0 aliphatic heterocycles. The molecule has 108 valence electrons. The Hall–Kier alpha value is -1.84. The molecule has 1 aromatic heterocycles. The minimum atomic E-state index is 0.521. The van der Waals surface area contributed by atoms with Crippen molar-refractivity contribution in [3.05, 3.63) is 38.3 Å². The first-order valence-corrected chi connectivity index (χ1v) is 7.72. The number of hydrogen-bond donors (Lipinski definition) is 0. The summed E-state index contributed by atoms with van der Waals surface area (Å²) in [7, 11) is 3.16. The van der Waals surface area contributed by atoms with Crippen LogP contribution >= 0.6 is 27.3 Å². The van der Waals surface area contributed by atoms with Gasteiger partial charge in [0.05, 0.1) is 24.3 Å². The minimum Gasteiger partial charge on any atom is -0.493 e. The Morgan fingerprint density at radius 1 is 1.38 bits per heavy atom. The van der Waals surface area contributed by atoms with Crippen LogP contribution in [0.3, 0.4) is 0 Å². The van der Waals surface area contributed by atoms with Gasteiger partial charge in [0, 0.05) is 11.1 Å². The highest BCUT2D eigenvalue weighted by atomic mass is 79.9. The summed E-state index contributed by atoms with van der Waals surface area (Å²) in [6.45, 7) is 1.90. The van der Waals surface area contributed by atoms with Crippen molar-refractivity contribution in [2.75, 3.05) is 14.2 Å². The third-order valence-electron chi connectivity index (χ3n) is 2.74. The lowest BCUT2D eigenvalue weighted by Crippen LogP contribution is -1.92. The number of halogens is 1. The minimum absolute atomic E-state index is 0.521. The predicted molar refractivity (Wildman–Crippen MR) is 87.6 cm³/mol. The molecule has 0 amide bonds. The molecule has 0 spiro atoms. The third kappa shape index (κ3) is 3.43. The van der Waals surface area contributed by atoms with Crippen molar-refractivity contribution in [2.24, 2.45) is 0 Å². The van der Waals surface area contributed by atoms with E-state index in [2.05, 4.69) is 27.0 Å². The van der Waals surface area contributed by atoms with Crippen LogP contribution in [0.25, 0.3) is 11.6 Å². The smallest absolute Gasteiger partial charge is 0.174 e. The monoisotopic (exact) mass is 364 g/mol. The summed E-state index contributed by atoms with van der Waals surface area (Å²) < 4.78 is 11.3. The molecule has 0 atom stereocenters. The van der Waals surface area contributed by atoms with Crippen LogP contribution in [0.5, 0.6) is 11.5 Å². The van der Waals surface area contributed by atoms with Crippen molar-refractivity contribution >= 4 is 38.9 Å². The fourth-order valence-electron chi connectivity index (χ4n) is 1.81. The summed E-state index contributed by atoms with van der Waals surface area (Å²) >= 11 is 4.89. The van der Waals surface area contributed by atoms with Crippen LogP contribution in [0.15, 0.2) is 22.0 Å². The van der Waals surface area contributed by atoms with E-state index < -0.39 is 0 Å². The van der Waals surface area contributed by atoms with Crippen LogP contribution in [0, 0.1) is 18.3 Å². The number of allylic oxidation sites excluding steroid dienone is 1. The van der Waals surface area contributed by atoms with Crippen molar-refractivity contribution in [1.82, 2.24) is 4.98 Å². The van der Waals surface area contributed by atoms with Crippen molar-refractivity contribution < 1.29 is 9.47 Å². The molecule has 0 aliphatic rings. The molecule has 4 nitrogen and oxygen atoms in total. The summed E-state index contributed by atoms with van der Waals surface area (Å²) in [4.78, 5) is 4.34. The maximum Gasteiger partial charge on any atom is 0.174 e. The van der Waals surface area contributed by atoms with E-state index in [0.717, 1.165) is 15.7 Å². The molecule has 0 bridgehead atoms. The maximum atomic E-state index is 9.33. The zero-order valence-electron chi connectivity index (χ0n) is 11.8. The van der Waals surface area contributed by atoms with Crippen LogP contribution in [-0.4, -0.2) is 19.2 Å². The van der Waals surface area contributed by atoms with E-state index in [1.165, 1.54) is 11.3 Å². The quantitative estimate of drug-likeness (QED) is 0.759. The van der Waals surface area contributed by atoms with E-state index in [0.29, 0.717) is 22.1 Å². The Labute approximate surface area is 135 Å². The number of rotatable bonds is 4. The lowest BCUT2D eigenvalue weighted by Gasteiger charge is -2.10. The highest BCUT2D eigenvalue weighted by Crippen LogP contribution is 2.37. The first-order chi connectivity index (χ1) is 10.1. The average molecular weight is 365 g/mol. The lowest BCUT2D eigenvalue weighted by molar-refractivity contribution is 0.353. The number of nitrogens with zero attached hydrogens (tertiary/aromatic N) is 2. The number of aryl methyl sites for hydroxylation is 1. The molecule has 0 unspecified atom stereocenters. The van der Waals surface area contributed by atoms with Gasteiger partial charge in [-0.05, 0) is 46.6 Å². The Morgan fingerprint density at radius 2 is 2.14 bits per heavy atom. The Bertz CT molecular complexity index is 732. The molecule has 0 fully saturated rings.